The van der Waals surface area contributed by atoms with E-state index in [9.17, 15) is 13.5 Å². The largest absolute Gasteiger partial charge is 0.393 e. The molecule has 1 aliphatic rings. The lowest BCUT2D eigenvalue weighted by Crippen LogP contribution is -2.30. The molecular weight excluding hydrogens is 466 g/mol. The smallest absolute Gasteiger partial charge is 0.242 e. The molecule has 4 rings (SSSR count). The topological polar surface area (TPSA) is 125 Å². The van der Waals surface area contributed by atoms with Crippen molar-refractivity contribution in [3.8, 4) is 0 Å². The second kappa shape index (κ2) is 10.5. The molecule has 0 radical (unpaired) electrons. The van der Waals surface area contributed by atoms with Gasteiger partial charge in [0.25, 0.3) is 0 Å². The van der Waals surface area contributed by atoms with Gasteiger partial charge in [0.05, 0.1) is 17.3 Å². The predicted molar refractivity (Wildman–Crippen MR) is 137 cm³/mol. The number of aromatic nitrogens is 4. The molecule has 2 aromatic heterocycles. The van der Waals surface area contributed by atoms with Crippen LogP contribution in [0.25, 0.3) is 11.2 Å². The summed E-state index contributed by atoms with van der Waals surface area (Å²) in [6.07, 6.45) is 4.76. The lowest BCUT2D eigenvalue weighted by atomic mass is 9.93. The molecule has 2 heterocycles. The molecule has 0 aliphatic heterocycles. The van der Waals surface area contributed by atoms with Crippen LogP contribution in [0, 0.1) is 5.92 Å². The minimum atomic E-state index is -3.55. The molecule has 35 heavy (non-hydrogen) atoms. The molecule has 11 heteroatoms. The molecule has 190 valence electrons. The fourth-order valence-electron chi connectivity index (χ4n) is 4.37. The molecule has 3 N–H and O–H groups in total. The Hall–Kier alpha value is -2.76. The van der Waals surface area contributed by atoms with E-state index in [2.05, 4.69) is 15.6 Å². The zero-order valence-corrected chi connectivity index (χ0v) is 21.6. The standard InChI is InChI=1S/C24H35N7O3S/c1-5-31-15-25-21-22(28-24(29-23(21)31)27-18-6-10-19(32)11-7-18)26-17-8-12-20(13-9-17)35(33,34)30(4)14-16(2)3/h8-9,12-13,15-16,18-19,32H,5-7,10-11,14H2,1-4H3,(H2,26,27,28,29). The summed E-state index contributed by atoms with van der Waals surface area (Å²) >= 11 is 0. The molecule has 1 aromatic carbocycles. The van der Waals surface area contributed by atoms with E-state index in [0.29, 0.717) is 29.5 Å². The Balaban J connectivity index is 1.59. The molecule has 10 nitrogen and oxygen atoms in total. The number of sulfonamides is 1. The van der Waals surface area contributed by atoms with Gasteiger partial charge in [-0.3, -0.25) is 0 Å². The average molecular weight is 502 g/mol. The van der Waals surface area contributed by atoms with E-state index in [0.717, 1.165) is 37.9 Å². The number of fused-ring (bicyclic) bond motifs is 1. The second-order valence-electron chi connectivity index (χ2n) is 9.58. The summed E-state index contributed by atoms with van der Waals surface area (Å²) in [4.78, 5) is 14.1. The second-order valence-corrected chi connectivity index (χ2v) is 11.6. The summed E-state index contributed by atoms with van der Waals surface area (Å²) in [6, 6.07) is 6.87. The monoisotopic (exact) mass is 501 g/mol. The number of anilines is 3. The number of hydrogen-bond acceptors (Lipinski definition) is 8. The molecule has 1 saturated carbocycles. The fourth-order valence-corrected chi connectivity index (χ4v) is 5.70. The maximum absolute atomic E-state index is 12.9. The van der Waals surface area contributed by atoms with Gasteiger partial charge < -0.3 is 20.3 Å². The van der Waals surface area contributed by atoms with E-state index in [1.165, 1.54) is 4.31 Å². The van der Waals surface area contributed by atoms with Gasteiger partial charge in [0.15, 0.2) is 17.0 Å². The van der Waals surface area contributed by atoms with Gasteiger partial charge in [-0.05, 0) is 62.8 Å². The number of nitrogens with zero attached hydrogens (tertiary/aromatic N) is 5. The molecule has 3 aromatic rings. The molecule has 0 amide bonds. The van der Waals surface area contributed by atoms with Gasteiger partial charge in [-0.1, -0.05) is 13.8 Å². The van der Waals surface area contributed by atoms with Crippen molar-refractivity contribution in [2.24, 2.45) is 5.92 Å². The van der Waals surface area contributed by atoms with Crippen LogP contribution in [0.4, 0.5) is 17.5 Å². The fraction of sp³-hybridized carbons (Fsp3) is 0.542. The highest BCUT2D eigenvalue weighted by molar-refractivity contribution is 7.89. The Kier molecular flexibility index (Phi) is 7.58. The van der Waals surface area contributed by atoms with E-state index in [4.69, 9.17) is 9.97 Å². The molecule has 0 bridgehead atoms. The first-order valence-corrected chi connectivity index (χ1v) is 13.6. The highest BCUT2D eigenvalue weighted by Gasteiger charge is 2.23. The predicted octanol–water partition coefficient (Wildman–Crippen LogP) is 3.58. The first-order valence-electron chi connectivity index (χ1n) is 12.2. The van der Waals surface area contributed by atoms with Crippen molar-refractivity contribution < 1.29 is 13.5 Å². The van der Waals surface area contributed by atoms with Crippen LogP contribution in [-0.4, -0.2) is 63.1 Å². The van der Waals surface area contributed by atoms with Gasteiger partial charge in [-0.15, -0.1) is 0 Å². The first kappa shape index (κ1) is 25.3. The molecule has 1 fully saturated rings. The first-order chi connectivity index (χ1) is 16.7. The van der Waals surface area contributed by atoms with Gasteiger partial charge in [-0.2, -0.15) is 9.97 Å². The zero-order valence-electron chi connectivity index (χ0n) is 20.8. The summed E-state index contributed by atoms with van der Waals surface area (Å²) in [5, 5.41) is 16.5. The number of aryl methyl sites for hydroxylation is 1. The van der Waals surface area contributed by atoms with Gasteiger partial charge in [-0.25, -0.2) is 17.7 Å². The third-order valence-electron chi connectivity index (χ3n) is 6.28. The lowest BCUT2D eigenvalue weighted by molar-refractivity contribution is 0.126. The van der Waals surface area contributed by atoms with Crippen molar-refractivity contribution in [1.82, 2.24) is 23.8 Å². The summed E-state index contributed by atoms with van der Waals surface area (Å²) < 4.78 is 29.0. The number of rotatable bonds is 9. The Morgan fingerprint density at radius 1 is 1.14 bits per heavy atom. The van der Waals surface area contributed by atoms with E-state index in [1.54, 1.807) is 37.6 Å². The maximum atomic E-state index is 12.9. The van der Waals surface area contributed by atoms with E-state index in [-0.39, 0.29) is 23.0 Å². The molecule has 0 spiro atoms. The molecule has 0 saturated heterocycles. The van der Waals surface area contributed by atoms with Gasteiger partial charge in [0, 0.05) is 31.9 Å². The van der Waals surface area contributed by atoms with Crippen molar-refractivity contribution in [3.05, 3.63) is 30.6 Å². The van der Waals surface area contributed by atoms with Crippen molar-refractivity contribution >= 4 is 38.6 Å². The third-order valence-corrected chi connectivity index (χ3v) is 8.12. The van der Waals surface area contributed by atoms with E-state index < -0.39 is 10.0 Å². The summed E-state index contributed by atoms with van der Waals surface area (Å²) in [6.45, 7) is 7.18. The average Bonchev–Trinajstić information content (AvgIpc) is 3.24. The van der Waals surface area contributed by atoms with Crippen LogP contribution >= 0.6 is 0 Å². The van der Waals surface area contributed by atoms with Gasteiger partial charge in [0.2, 0.25) is 16.0 Å². The summed E-state index contributed by atoms with van der Waals surface area (Å²) in [5.74, 6) is 1.29. The minimum absolute atomic E-state index is 0.203. The van der Waals surface area contributed by atoms with Crippen molar-refractivity contribution in [2.75, 3.05) is 24.2 Å². The Bertz CT molecular complexity index is 1250. The quantitative estimate of drug-likeness (QED) is 0.406. The summed E-state index contributed by atoms with van der Waals surface area (Å²) in [7, 11) is -1.95. The van der Waals surface area contributed by atoms with Crippen LogP contribution in [0.1, 0.15) is 46.5 Å². The Morgan fingerprint density at radius 2 is 1.83 bits per heavy atom. The summed E-state index contributed by atoms with van der Waals surface area (Å²) in [5.41, 5.74) is 2.07. The molecule has 1 aliphatic carbocycles. The van der Waals surface area contributed by atoms with E-state index >= 15 is 0 Å². The van der Waals surface area contributed by atoms with Crippen LogP contribution in [0.5, 0.6) is 0 Å². The Labute approximate surface area is 206 Å². The highest BCUT2D eigenvalue weighted by atomic mass is 32.2. The maximum Gasteiger partial charge on any atom is 0.242 e. The van der Waals surface area contributed by atoms with Crippen LogP contribution < -0.4 is 10.6 Å². The third kappa shape index (κ3) is 5.74. The van der Waals surface area contributed by atoms with E-state index in [1.807, 2.05) is 25.3 Å². The number of imidazole rings is 1. The minimum Gasteiger partial charge on any atom is -0.393 e. The van der Waals surface area contributed by atoms with Crippen LogP contribution in [0.3, 0.4) is 0 Å². The molecule has 0 atom stereocenters. The highest BCUT2D eigenvalue weighted by Crippen LogP contribution is 2.27. The normalized spacial score (nSPS) is 18.9. The number of aliphatic hydroxyl groups excluding tert-OH is 1. The lowest BCUT2D eigenvalue weighted by Gasteiger charge is -2.26. The number of nitrogens with one attached hydrogen (secondary N) is 2. The zero-order chi connectivity index (χ0) is 25.2. The van der Waals surface area contributed by atoms with Gasteiger partial charge in [0.1, 0.15) is 0 Å². The van der Waals surface area contributed by atoms with Crippen LogP contribution in [0.15, 0.2) is 35.5 Å². The number of hydrogen-bond donors (Lipinski definition) is 3. The van der Waals surface area contributed by atoms with Gasteiger partial charge >= 0.3 is 0 Å². The van der Waals surface area contributed by atoms with Crippen LogP contribution in [0.2, 0.25) is 0 Å². The van der Waals surface area contributed by atoms with Crippen molar-refractivity contribution in [3.63, 3.8) is 0 Å². The van der Waals surface area contributed by atoms with Crippen LogP contribution in [-0.2, 0) is 16.6 Å². The molecular formula is C24H35N7O3S. The van der Waals surface area contributed by atoms with Crippen molar-refractivity contribution in [2.45, 2.75) is 70.0 Å². The van der Waals surface area contributed by atoms with Crippen molar-refractivity contribution in [1.29, 1.82) is 0 Å². The number of benzene rings is 1. The molecule has 0 unspecified atom stereocenters. The SMILES string of the molecule is CCn1cnc2c(Nc3ccc(S(=O)(=O)N(C)CC(C)C)cc3)nc(NC3CCC(O)CC3)nc21. The Morgan fingerprint density at radius 3 is 2.46 bits per heavy atom. The number of aliphatic hydroxyl groups is 1.